The number of carbonyl (C=O) groups is 1. The predicted molar refractivity (Wildman–Crippen MR) is 74.9 cm³/mol. The van der Waals surface area contributed by atoms with Crippen molar-refractivity contribution in [2.75, 3.05) is 20.3 Å². The standard InChI is InChI=1S/C15H23NO3/c1-4-19-14(17)15(11-16,10-12(2)18-3)13-8-6-5-7-9-13/h5-9,12H,4,10-11,16H2,1-3H3. The molecule has 4 heteroatoms. The Bertz CT molecular complexity index is 394. The van der Waals surface area contributed by atoms with Gasteiger partial charge in [-0.25, -0.2) is 0 Å². The summed E-state index contributed by atoms with van der Waals surface area (Å²) in [5, 5.41) is 0. The number of carbonyl (C=O) groups excluding carboxylic acids is 1. The van der Waals surface area contributed by atoms with Crippen molar-refractivity contribution in [2.45, 2.75) is 31.8 Å². The maximum Gasteiger partial charge on any atom is 0.317 e. The third-order valence-electron chi connectivity index (χ3n) is 3.38. The third-order valence-corrected chi connectivity index (χ3v) is 3.38. The molecular formula is C15H23NO3. The molecule has 0 fully saturated rings. The van der Waals surface area contributed by atoms with Gasteiger partial charge in [0.25, 0.3) is 0 Å². The van der Waals surface area contributed by atoms with Gasteiger partial charge in [-0.3, -0.25) is 4.79 Å². The molecular weight excluding hydrogens is 242 g/mol. The molecule has 1 rings (SSSR count). The van der Waals surface area contributed by atoms with E-state index in [1.807, 2.05) is 37.3 Å². The number of rotatable bonds is 7. The Balaban J connectivity index is 3.17. The maximum atomic E-state index is 12.4. The van der Waals surface area contributed by atoms with Gasteiger partial charge in [-0.15, -0.1) is 0 Å². The Morgan fingerprint density at radius 2 is 2.00 bits per heavy atom. The van der Waals surface area contributed by atoms with Crippen LogP contribution in [0.2, 0.25) is 0 Å². The Kier molecular flexibility index (Phi) is 5.99. The zero-order valence-electron chi connectivity index (χ0n) is 11.9. The van der Waals surface area contributed by atoms with Crippen LogP contribution < -0.4 is 5.73 Å². The van der Waals surface area contributed by atoms with E-state index >= 15 is 0 Å². The van der Waals surface area contributed by atoms with Crippen LogP contribution in [0.4, 0.5) is 0 Å². The summed E-state index contributed by atoms with van der Waals surface area (Å²) in [6, 6.07) is 9.53. The minimum absolute atomic E-state index is 0.0758. The molecule has 2 atom stereocenters. The van der Waals surface area contributed by atoms with E-state index in [1.54, 1.807) is 14.0 Å². The molecule has 0 saturated heterocycles. The normalized spacial score (nSPS) is 15.6. The molecule has 1 aromatic rings. The lowest BCUT2D eigenvalue weighted by Gasteiger charge is -2.32. The Morgan fingerprint density at radius 1 is 1.37 bits per heavy atom. The van der Waals surface area contributed by atoms with Crippen LogP contribution in [0.1, 0.15) is 25.8 Å². The molecule has 1 aromatic carbocycles. The molecule has 106 valence electrons. The number of nitrogens with two attached hydrogens (primary N) is 1. The second-order valence-electron chi connectivity index (χ2n) is 4.62. The van der Waals surface area contributed by atoms with E-state index < -0.39 is 5.41 Å². The Labute approximate surface area is 114 Å². The fourth-order valence-electron chi connectivity index (χ4n) is 2.20. The molecule has 0 aliphatic heterocycles. The van der Waals surface area contributed by atoms with Gasteiger partial charge in [0.05, 0.1) is 12.7 Å². The lowest BCUT2D eigenvalue weighted by molar-refractivity contribution is -0.151. The van der Waals surface area contributed by atoms with Crippen molar-refractivity contribution in [2.24, 2.45) is 5.73 Å². The van der Waals surface area contributed by atoms with E-state index in [0.29, 0.717) is 13.0 Å². The van der Waals surface area contributed by atoms with Gasteiger partial charge in [0.1, 0.15) is 5.41 Å². The van der Waals surface area contributed by atoms with Gasteiger partial charge in [-0.2, -0.15) is 0 Å². The highest BCUT2D eigenvalue weighted by atomic mass is 16.5. The molecule has 0 radical (unpaired) electrons. The van der Waals surface area contributed by atoms with Crippen LogP contribution in [0, 0.1) is 0 Å². The van der Waals surface area contributed by atoms with Crippen molar-refractivity contribution in [1.29, 1.82) is 0 Å². The number of ether oxygens (including phenoxy) is 2. The lowest BCUT2D eigenvalue weighted by Crippen LogP contribution is -2.46. The number of methoxy groups -OCH3 is 1. The second kappa shape index (κ2) is 7.26. The first-order chi connectivity index (χ1) is 9.10. The van der Waals surface area contributed by atoms with Gasteiger partial charge in [-0.1, -0.05) is 30.3 Å². The first-order valence-corrected chi connectivity index (χ1v) is 6.56. The first-order valence-electron chi connectivity index (χ1n) is 6.56. The predicted octanol–water partition coefficient (Wildman–Crippen LogP) is 1.87. The van der Waals surface area contributed by atoms with Crippen molar-refractivity contribution < 1.29 is 14.3 Å². The first kappa shape index (κ1) is 15.7. The number of hydrogen-bond donors (Lipinski definition) is 1. The molecule has 2 N–H and O–H groups in total. The number of esters is 1. The van der Waals surface area contributed by atoms with Gasteiger partial charge < -0.3 is 15.2 Å². The lowest BCUT2D eigenvalue weighted by atomic mass is 9.76. The van der Waals surface area contributed by atoms with Crippen LogP contribution in [0.25, 0.3) is 0 Å². The average Bonchev–Trinajstić information content (AvgIpc) is 2.45. The molecule has 0 saturated carbocycles. The summed E-state index contributed by atoms with van der Waals surface area (Å²) in [5.74, 6) is -0.285. The summed E-state index contributed by atoms with van der Waals surface area (Å²) in [4.78, 5) is 12.4. The van der Waals surface area contributed by atoms with E-state index in [4.69, 9.17) is 15.2 Å². The molecule has 0 aliphatic rings. The summed E-state index contributed by atoms with van der Waals surface area (Å²) in [6.45, 7) is 4.26. The topological polar surface area (TPSA) is 61.5 Å². The van der Waals surface area contributed by atoms with Gasteiger partial charge in [-0.05, 0) is 25.8 Å². The molecule has 0 spiro atoms. The zero-order chi connectivity index (χ0) is 14.3. The van der Waals surface area contributed by atoms with Crippen LogP contribution >= 0.6 is 0 Å². The maximum absolute atomic E-state index is 12.4. The molecule has 4 nitrogen and oxygen atoms in total. The second-order valence-corrected chi connectivity index (χ2v) is 4.62. The number of benzene rings is 1. The molecule has 0 bridgehead atoms. The Morgan fingerprint density at radius 3 is 2.47 bits per heavy atom. The van der Waals surface area contributed by atoms with Crippen molar-refractivity contribution in [1.82, 2.24) is 0 Å². The van der Waals surface area contributed by atoms with Crippen LogP contribution in [-0.2, 0) is 19.7 Å². The van der Waals surface area contributed by atoms with Crippen molar-refractivity contribution in [3.05, 3.63) is 35.9 Å². The van der Waals surface area contributed by atoms with Crippen LogP contribution in [-0.4, -0.2) is 32.3 Å². The smallest absolute Gasteiger partial charge is 0.317 e. The van der Waals surface area contributed by atoms with Crippen molar-refractivity contribution in [3.8, 4) is 0 Å². The van der Waals surface area contributed by atoms with Gasteiger partial charge in [0.15, 0.2) is 0 Å². The highest BCUT2D eigenvalue weighted by Crippen LogP contribution is 2.31. The summed E-state index contributed by atoms with van der Waals surface area (Å²) in [5.41, 5.74) is 5.95. The Hall–Kier alpha value is -1.39. The highest BCUT2D eigenvalue weighted by Gasteiger charge is 2.41. The van der Waals surface area contributed by atoms with Gasteiger partial charge >= 0.3 is 5.97 Å². The molecule has 0 amide bonds. The summed E-state index contributed by atoms with van der Waals surface area (Å²) in [6.07, 6.45) is 0.427. The number of hydrogen-bond acceptors (Lipinski definition) is 4. The quantitative estimate of drug-likeness (QED) is 0.765. The van der Waals surface area contributed by atoms with E-state index in [9.17, 15) is 4.79 Å². The SMILES string of the molecule is CCOC(=O)C(CN)(CC(C)OC)c1ccccc1. The van der Waals surface area contributed by atoms with E-state index in [-0.39, 0.29) is 18.6 Å². The fraction of sp³-hybridized carbons (Fsp3) is 0.533. The van der Waals surface area contributed by atoms with E-state index in [1.165, 1.54) is 0 Å². The summed E-state index contributed by atoms with van der Waals surface area (Å²) < 4.78 is 10.5. The zero-order valence-corrected chi connectivity index (χ0v) is 11.9. The monoisotopic (exact) mass is 265 g/mol. The summed E-state index contributed by atoms with van der Waals surface area (Å²) >= 11 is 0. The van der Waals surface area contributed by atoms with Crippen LogP contribution in [0.15, 0.2) is 30.3 Å². The van der Waals surface area contributed by atoms with E-state index in [0.717, 1.165) is 5.56 Å². The van der Waals surface area contributed by atoms with Gasteiger partial charge in [0, 0.05) is 13.7 Å². The largest absolute Gasteiger partial charge is 0.465 e. The molecule has 2 unspecified atom stereocenters. The van der Waals surface area contributed by atoms with Crippen molar-refractivity contribution >= 4 is 5.97 Å². The highest BCUT2D eigenvalue weighted by molar-refractivity contribution is 5.83. The van der Waals surface area contributed by atoms with Gasteiger partial charge in [0.2, 0.25) is 0 Å². The van der Waals surface area contributed by atoms with Crippen molar-refractivity contribution in [3.63, 3.8) is 0 Å². The van der Waals surface area contributed by atoms with Crippen LogP contribution in [0.5, 0.6) is 0 Å². The average molecular weight is 265 g/mol. The molecule has 0 aliphatic carbocycles. The molecule has 0 aromatic heterocycles. The fourth-order valence-corrected chi connectivity index (χ4v) is 2.20. The molecule has 0 heterocycles. The minimum Gasteiger partial charge on any atom is -0.465 e. The van der Waals surface area contributed by atoms with Crippen LogP contribution in [0.3, 0.4) is 0 Å². The minimum atomic E-state index is -0.841. The molecule has 19 heavy (non-hydrogen) atoms. The third kappa shape index (κ3) is 3.55. The summed E-state index contributed by atoms with van der Waals surface area (Å²) in [7, 11) is 1.63. The van der Waals surface area contributed by atoms with E-state index in [2.05, 4.69) is 0 Å².